The fourth-order valence-electron chi connectivity index (χ4n) is 1.10. The molecule has 72 valence electrons. The van der Waals surface area contributed by atoms with Crippen molar-refractivity contribution in [3.05, 3.63) is 24.0 Å². The third-order valence-electron chi connectivity index (χ3n) is 2.25. The lowest BCUT2D eigenvalue weighted by Gasteiger charge is -2.15. The van der Waals surface area contributed by atoms with Gasteiger partial charge in [-0.25, -0.2) is 0 Å². The van der Waals surface area contributed by atoms with E-state index in [0.717, 1.165) is 17.7 Å². The van der Waals surface area contributed by atoms with Crippen LogP contribution in [0, 0.1) is 5.92 Å². The van der Waals surface area contributed by atoms with Gasteiger partial charge in [0.05, 0.1) is 0 Å². The smallest absolute Gasteiger partial charge is 0.0378 e. The predicted molar refractivity (Wildman–Crippen MR) is 55.2 cm³/mol. The van der Waals surface area contributed by atoms with Crippen LogP contribution < -0.4 is 11.5 Å². The van der Waals surface area contributed by atoms with E-state index in [1.807, 2.05) is 6.07 Å². The molecule has 0 fully saturated rings. The molecule has 0 amide bonds. The van der Waals surface area contributed by atoms with Gasteiger partial charge >= 0.3 is 0 Å². The minimum atomic E-state index is 0.159. The van der Waals surface area contributed by atoms with Gasteiger partial charge in [-0.3, -0.25) is 4.98 Å². The quantitative estimate of drug-likeness (QED) is 0.732. The fraction of sp³-hybridized carbons (Fsp3) is 0.500. The first-order valence-electron chi connectivity index (χ1n) is 4.55. The molecule has 13 heavy (non-hydrogen) atoms. The highest BCUT2D eigenvalue weighted by Gasteiger charge is 2.09. The zero-order valence-corrected chi connectivity index (χ0v) is 8.20. The molecule has 1 rings (SSSR count). The van der Waals surface area contributed by atoms with Crippen LogP contribution in [0.5, 0.6) is 0 Å². The minimum Gasteiger partial charge on any atom is -0.398 e. The monoisotopic (exact) mass is 179 g/mol. The lowest BCUT2D eigenvalue weighted by atomic mass is 9.98. The zero-order valence-electron chi connectivity index (χ0n) is 8.20. The summed E-state index contributed by atoms with van der Waals surface area (Å²) in [5, 5.41) is 0. The number of nitrogens with two attached hydrogens (primary N) is 2. The molecule has 1 heterocycles. The second kappa shape index (κ2) is 4.23. The van der Waals surface area contributed by atoms with Crippen molar-refractivity contribution >= 4 is 5.69 Å². The van der Waals surface area contributed by atoms with E-state index in [1.54, 1.807) is 12.4 Å². The Labute approximate surface area is 79.2 Å². The van der Waals surface area contributed by atoms with Gasteiger partial charge in [-0.1, -0.05) is 13.8 Å². The molecule has 0 aliphatic carbocycles. The van der Waals surface area contributed by atoms with Crippen molar-refractivity contribution in [3.8, 4) is 0 Å². The molecule has 1 unspecified atom stereocenters. The second-order valence-corrected chi connectivity index (χ2v) is 3.69. The van der Waals surface area contributed by atoms with Gasteiger partial charge in [-0.2, -0.15) is 0 Å². The highest BCUT2D eigenvalue weighted by Crippen LogP contribution is 2.13. The Kier molecular flexibility index (Phi) is 3.25. The molecule has 0 bridgehead atoms. The largest absolute Gasteiger partial charge is 0.398 e. The summed E-state index contributed by atoms with van der Waals surface area (Å²) in [6.45, 7) is 4.22. The van der Waals surface area contributed by atoms with Crippen molar-refractivity contribution in [3.63, 3.8) is 0 Å². The molecule has 0 aliphatic rings. The lowest BCUT2D eigenvalue weighted by Crippen LogP contribution is -2.29. The van der Waals surface area contributed by atoms with Crippen molar-refractivity contribution in [1.82, 2.24) is 4.98 Å². The van der Waals surface area contributed by atoms with E-state index in [2.05, 4.69) is 18.8 Å². The van der Waals surface area contributed by atoms with Gasteiger partial charge in [-0.05, 0) is 24.0 Å². The number of rotatable bonds is 3. The van der Waals surface area contributed by atoms with Crippen molar-refractivity contribution < 1.29 is 0 Å². The fourth-order valence-corrected chi connectivity index (χ4v) is 1.10. The minimum absolute atomic E-state index is 0.159. The van der Waals surface area contributed by atoms with Crippen LogP contribution in [0.3, 0.4) is 0 Å². The number of pyridine rings is 1. The summed E-state index contributed by atoms with van der Waals surface area (Å²) in [6, 6.07) is 1.97. The van der Waals surface area contributed by atoms with Crippen LogP contribution in [0.4, 0.5) is 5.69 Å². The third kappa shape index (κ3) is 2.70. The Balaban J connectivity index is 2.69. The third-order valence-corrected chi connectivity index (χ3v) is 2.25. The maximum Gasteiger partial charge on any atom is 0.0378 e. The van der Waals surface area contributed by atoms with Gasteiger partial charge in [0.15, 0.2) is 0 Å². The van der Waals surface area contributed by atoms with Crippen molar-refractivity contribution in [2.45, 2.75) is 26.3 Å². The zero-order chi connectivity index (χ0) is 9.84. The van der Waals surface area contributed by atoms with Gasteiger partial charge in [0.1, 0.15) is 0 Å². The molecular weight excluding hydrogens is 162 g/mol. The average molecular weight is 179 g/mol. The molecule has 3 heteroatoms. The molecule has 0 radical (unpaired) electrons. The SMILES string of the molecule is CC(C)C(N)Cc1cnccc1N. The Morgan fingerprint density at radius 2 is 2.15 bits per heavy atom. The molecule has 0 aromatic carbocycles. The Morgan fingerprint density at radius 1 is 1.46 bits per heavy atom. The summed E-state index contributed by atoms with van der Waals surface area (Å²) < 4.78 is 0. The lowest BCUT2D eigenvalue weighted by molar-refractivity contribution is 0.490. The van der Waals surface area contributed by atoms with Crippen molar-refractivity contribution in [2.24, 2.45) is 11.7 Å². The second-order valence-electron chi connectivity index (χ2n) is 3.69. The normalized spacial score (nSPS) is 13.2. The first kappa shape index (κ1) is 9.99. The highest BCUT2D eigenvalue weighted by molar-refractivity contribution is 5.44. The number of hydrogen-bond acceptors (Lipinski definition) is 3. The summed E-state index contributed by atoms with van der Waals surface area (Å²) in [6.07, 6.45) is 4.29. The molecule has 0 saturated heterocycles. The van der Waals surface area contributed by atoms with E-state index >= 15 is 0 Å². The van der Waals surface area contributed by atoms with Gasteiger partial charge in [0.2, 0.25) is 0 Å². The number of anilines is 1. The molecule has 0 saturated carbocycles. The van der Waals surface area contributed by atoms with E-state index in [9.17, 15) is 0 Å². The van der Waals surface area contributed by atoms with E-state index in [-0.39, 0.29) is 6.04 Å². The van der Waals surface area contributed by atoms with Crippen LogP contribution in [-0.2, 0) is 6.42 Å². The van der Waals surface area contributed by atoms with Crippen LogP contribution in [0.2, 0.25) is 0 Å². The van der Waals surface area contributed by atoms with Gasteiger partial charge in [0.25, 0.3) is 0 Å². The van der Waals surface area contributed by atoms with Gasteiger partial charge in [0, 0.05) is 24.1 Å². The summed E-state index contributed by atoms with van der Waals surface area (Å²) in [4.78, 5) is 4.02. The molecule has 1 aromatic heterocycles. The standard InChI is InChI=1S/C10H17N3/c1-7(2)10(12)5-8-6-13-4-3-9(8)11/h3-4,6-7,10H,5,12H2,1-2H3,(H2,11,13). The Bertz CT molecular complexity index is 271. The summed E-state index contributed by atoms with van der Waals surface area (Å²) >= 11 is 0. The molecular formula is C10H17N3. The highest BCUT2D eigenvalue weighted by atomic mass is 14.7. The molecule has 3 nitrogen and oxygen atoms in total. The van der Waals surface area contributed by atoms with Gasteiger partial charge in [-0.15, -0.1) is 0 Å². The topological polar surface area (TPSA) is 64.9 Å². The van der Waals surface area contributed by atoms with Crippen LogP contribution >= 0.6 is 0 Å². The predicted octanol–water partition coefficient (Wildman–Crippen LogP) is 1.19. The van der Waals surface area contributed by atoms with Gasteiger partial charge < -0.3 is 11.5 Å². The van der Waals surface area contributed by atoms with E-state index in [0.29, 0.717) is 5.92 Å². The van der Waals surface area contributed by atoms with E-state index in [1.165, 1.54) is 0 Å². The Morgan fingerprint density at radius 3 is 2.69 bits per heavy atom. The average Bonchev–Trinajstić information content (AvgIpc) is 2.08. The van der Waals surface area contributed by atoms with Crippen LogP contribution in [0.25, 0.3) is 0 Å². The number of hydrogen-bond donors (Lipinski definition) is 2. The first-order chi connectivity index (χ1) is 6.11. The van der Waals surface area contributed by atoms with Crippen LogP contribution in [-0.4, -0.2) is 11.0 Å². The summed E-state index contributed by atoms with van der Waals surface area (Å²) in [7, 11) is 0. The number of aromatic nitrogens is 1. The first-order valence-corrected chi connectivity index (χ1v) is 4.55. The van der Waals surface area contributed by atoms with Crippen molar-refractivity contribution in [1.29, 1.82) is 0 Å². The number of nitrogens with zero attached hydrogens (tertiary/aromatic N) is 1. The van der Waals surface area contributed by atoms with Crippen LogP contribution in [0.1, 0.15) is 19.4 Å². The molecule has 1 atom stereocenters. The summed E-state index contributed by atoms with van der Waals surface area (Å²) in [5.41, 5.74) is 13.5. The Hall–Kier alpha value is -1.09. The van der Waals surface area contributed by atoms with Crippen LogP contribution in [0.15, 0.2) is 18.5 Å². The maximum absolute atomic E-state index is 5.93. The molecule has 4 N–H and O–H groups in total. The summed E-state index contributed by atoms with van der Waals surface area (Å²) in [5.74, 6) is 0.472. The van der Waals surface area contributed by atoms with Crippen molar-refractivity contribution in [2.75, 3.05) is 5.73 Å². The van der Waals surface area contributed by atoms with E-state index in [4.69, 9.17) is 11.5 Å². The van der Waals surface area contributed by atoms with E-state index < -0.39 is 0 Å². The molecule has 0 spiro atoms. The molecule has 0 aliphatic heterocycles. The maximum atomic E-state index is 5.93. The number of nitrogen functional groups attached to an aromatic ring is 1. The molecule has 1 aromatic rings.